The number of nitrogens with zero attached hydrogens (tertiary/aromatic N) is 3. The molecule has 9 heteroatoms. The van der Waals surface area contributed by atoms with Gasteiger partial charge < -0.3 is 10.9 Å². The fraction of sp³-hybridized carbons (Fsp3) is 0.500. The van der Waals surface area contributed by atoms with E-state index in [2.05, 4.69) is 15.2 Å². The second-order valence-electron chi connectivity index (χ2n) is 3.44. The van der Waals surface area contributed by atoms with Crippen molar-refractivity contribution in [1.82, 2.24) is 14.8 Å². The van der Waals surface area contributed by atoms with Crippen LogP contribution < -0.4 is 16.9 Å². The molecule has 0 aliphatic heterocycles. The molecule has 0 aromatic carbocycles. The second kappa shape index (κ2) is 5.53. The molecule has 1 heterocycles. The number of oxime groups is 1. The van der Waals surface area contributed by atoms with Gasteiger partial charge in [-0.25, -0.2) is 0 Å². The molecule has 1 aromatic rings. The minimum atomic E-state index is -0.831. The molecule has 1 aromatic heterocycles. The van der Waals surface area contributed by atoms with Crippen LogP contribution in [0.5, 0.6) is 0 Å². The van der Waals surface area contributed by atoms with Crippen LogP contribution in [0.15, 0.2) is 19.9 Å². The number of nitrogens with one attached hydrogen (secondary N) is 1. The van der Waals surface area contributed by atoms with Crippen LogP contribution in [0.4, 0.5) is 0 Å². The lowest BCUT2D eigenvalue weighted by Gasteiger charge is -2.09. The summed E-state index contributed by atoms with van der Waals surface area (Å²) < 4.78 is 1.35. The maximum absolute atomic E-state index is 11.1. The Balaban J connectivity index is 2.80. The summed E-state index contributed by atoms with van der Waals surface area (Å²) in [4.78, 5) is 25.6. The molecule has 17 heavy (non-hydrogen) atoms. The van der Waals surface area contributed by atoms with Gasteiger partial charge in [-0.15, -0.1) is 0 Å². The molecule has 94 valence electrons. The Kier molecular flexibility index (Phi) is 4.32. The molecular weight excluding hydrogens is 246 g/mol. The molecule has 8 nitrogen and oxygen atoms in total. The highest BCUT2D eigenvalue weighted by molar-refractivity contribution is 7.99. The van der Waals surface area contributed by atoms with E-state index in [9.17, 15) is 9.59 Å². The Morgan fingerprint density at radius 1 is 1.71 bits per heavy atom. The second-order valence-corrected chi connectivity index (χ2v) is 4.42. The SMILES string of the molecule is CC(CSc1nc(=O)c(=O)[nH]n1C)C(N)=NO. The maximum atomic E-state index is 11.1. The largest absolute Gasteiger partial charge is 0.409 e. The third-order valence-electron chi connectivity index (χ3n) is 2.03. The van der Waals surface area contributed by atoms with Crippen molar-refractivity contribution >= 4 is 17.6 Å². The lowest BCUT2D eigenvalue weighted by molar-refractivity contribution is 0.315. The molecule has 0 fully saturated rings. The van der Waals surface area contributed by atoms with Crippen molar-refractivity contribution < 1.29 is 5.21 Å². The summed E-state index contributed by atoms with van der Waals surface area (Å²) in [5.41, 5.74) is 3.82. The first-order chi connectivity index (χ1) is 7.95. The summed E-state index contributed by atoms with van der Waals surface area (Å²) in [6.45, 7) is 1.77. The Morgan fingerprint density at radius 3 is 2.94 bits per heavy atom. The number of hydrogen-bond donors (Lipinski definition) is 3. The van der Waals surface area contributed by atoms with Crippen molar-refractivity contribution in [1.29, 1.82) is 0 Å². The number of aromatic amines is 1. The molecular formula is C8H13N5O3S. The van der Waals surface area contributed by atoms with E-state index in [1.807, 2.05) is 0 Å². The lowest BCUT2D eigenvalue weighted by atomic mass is 10.2. The Bertz CT molecular complexity index is 535. The van der Waals surface area contributed by atoms with Crippen molar-refractivity contribution in [2.75, 3.05) is 5.75 Å². The van der Waals surface area contributed by atoms with Crippen LogP contribution >= 0.6 is 11.8 Å². The first kappa shape index (κ1) is 13.3. The molecule has 4 N–H and O–H groups in total. The Labute approximate surface area is 101 Å². The van der Waals surface area contributed by atoms with Crippen LogP contribution in [-0.2, 0) is 7.05 Å². The fourth-order valence-corrected chi connectivity index (χ4v) is 1.93. The molecule has 0 aliphatic carbocycles. The minimum Gasteiger partial charge on any atom is -0.409 e. The molecule has 0 saturated carbocycles. The van der Waals surface area contributed by atoms with E-state index < -0.39 is 11.1 Å². The third kappa shape index (κ3) is 3.34. The Morgan fingerprint density at radius 2 is 2.35 bits per heavy atom. The van der Waals surface area contributed by atoms with E-state index in [1.165, 1.54) is 16.4 Å². The van der Waals surface area contributed by atoms with E-state index in [1.54, 1.807) is 14.0 Å². The number of nitrogens with two attached hydrogens (primary N) is 1. The predicted molar refractivity (Wildman–Crippen MR) is 63.4 cm³/mol. The van der Waals surface area contributed by atoms with Gasteiger partial charge in [0.05, 0.1) is 0 Å². The number of aromatic nitrogens is 3. The van der Waals surface area contributed by atoms with Gasteiger partial charge in [-0.1, -0.05) is 23.8 Å². The standard InChI is InChI=1S/C8H13N5O3S/c1-4(5(9)12-16)3-17-8-10-6(14)7(15)11-13(8)2/h4,16H,3H2,1-2H3,(H2,9,12)(H,11,15). The molecule has 0 saturated heterocycles. The van der Waals surface area contributed by atoms with Crippen molar-refractivity contribution in [3.8, 4) is 0 Å². The minimum absolute atomic E-state index is 0.104. The smallest absolute Gasteiger partial charge is 0.339 e. The molecule has 1 unspecified atom stereocenters. The number of aryl methyl sites for hydroxylation is 1. The number of rotatable bonds is 4. The molecule has 0 bridgehead atoms. The summed E-state index contributed by atoms with van der Waals surface area (Å²) in [5, 5.41) is 14.1. The zero-order valence-corrected chi connectivity index (χ0v) is 10.2. The van der Waals surface area contributed by atoms with Gasteiger partial charge in [0, 0.05) is 18.7 Å². The third-order valence-corrected chi connectivity index (χ3v) is 3.32. The predicted octanol–water partition coefficient (Wildman–Crippen LogP) is -1.06. The zero-order chi connectivity index (χ0) is 13.0. The van der Waals surface area contributed by atoms with Gasteiger partial charge in [0.1, 0.15) is 5.84 Å². The van der Waals surface area contributed by atoms with E-state index in [0.29, 0.717) is 10.9 Å². The van der Waals surface area contributed by atoms with Gasteiger partial charge in [-0.3, -0.25) is 19.4 Å². The van der Waals surface area contributed by atoms with Crippen LogP contribution in [0.2, 0.25) is 0 Å². The normalized spacial score (nSPS) is 13.6. The topological polar surface area (TPSA) is 126 Å². The van der Waals surface area contributed by atoms with Gasteiger partial charge >= 0.3 is 11.1 Å². The van der Waals surface area contributed by atoms with Crippen molar-refractivity contribution in [3.05, 3.63) is 20.7 Å². The fourth-order valence-electron chi connectivity index (χ4n) is 0.973. The number of hydrogen-bond acceptors (Lipinski definition) is 6. The zero-order valence-electron chi connectivity index (χ0n) is 9.38. The van der Waals surface area contributed by atoms with Gasteiger partial charge in [-0.05, 0) is 0 Å². The van der Waals surface area contributed by atoms with Crippen LogP contribution in [-0.4, -0.2) is 31.6 Å². The van der Waals surface area contributed by atoms with Crippen LogP contribution in [0.3, 0.4) is 0 Å². The summed E-state index contributed by atoms with van der Waals surface area (Å²) in [7, 11) is 1.57. The highest BCUT2D eigenvalue weighted by Gasteiger charge is 2.11. The summed E-state index contributed by atoms with van der Waals surface area (Å²) in [5.74, 6) is 0.406. The number of amidine groups is 1. The van der Waals surface area contributed by atoms with Crippen molar-refractivity contribution in [2.24, 2.45) is 23.9 Å². The average molecular weight is 259 g/mol. The monoisotopic (exact) mass is 259 g/mol. The van der Waals surface area contributed by atoms with Crippen LogP contribution in [0.1, 0.15) is 6.92 Å². The number of H-pyrrole nitrogens is 1. The molecule has 0 spiro atoms. The molecule has 1 rings (SSSR count). The Hall–Kier alpha value is -1.77. The molecule has 1 atom stereocenters. The van der Waals surface area contributed by atoms with Gasteiger partial charge in [0.2, 0.25) is 0 Å². The first-order valence-electron chi connectivity index (χ1n) is 4.73. The summed E-state index contributed by atoms with van der Waals surface area (Å²) >= 11 is 1.23. The molecule has 0 aliphatic rings. The van der Waals surface area contributed by atoms with Gasteiger partial charge in [0.15, 0.2) is 5.16 Å². The number of thioether (sulfide) groups is 1. The molecule has 0 amide bonds. The van der Waals surface area contributed by atoms with Crippen LogP contribution in [0.25, 0.3) is 0 Å². The van der Waals surface area contributed by atoms with E-state index in [-0.39, 0.29) is 11.8 Å². The quantitative estimate of drug-likeness (QED) is 0.158. The van der Waals surface area contributed by atoms with E-state index in [4.69, 9.17) is 10.9 Å². The highest BCUT2D eigenvalue weighted by Crippen LogP contribution is 2.15. The lowest BCUT2D eigenvalue weighted by Crippen LogP contribution is -2.34. The average Bonchev–Trinajstić information content (AvgIpc) is 2.30. The highest BCUT2D eigenvalue weighted by atomic mass is 32.2. The molecule has 0 radical (unpaired) electrons. The van der Waals surface area contributed by atoms with Crippen molar-refractivity contribution in [2.45, 2.75) is 12.1 Å². The first-order valence-corrected chi connectivity index (χ1v) is 5.71. The maximum Gasteiger partial charge on any atom is 0.339 e. The van der Waals surface area contributed by atoms with Crippen molar-refractivity contribution in [3.63, 3.8) is 0 Å². The van der Waals surface area contributed by atoms with Crippen LogP contribution in [0, 0.1) is 5.92 Å². The summed E-state index contributed by atoms with van der Waals surface area (Å²) in [6.07, 6.45) is 0. The van der Waals surface area contributed by atoms with Gasteiger partial charge in [-0.2, -0.15) is 4.98 Å². The van der Waals surface area contributed by atoms with Gasteiger partial charge in [0.25, 0.3) is 0 Å². The van der Waals surface area contributed by atoms with E-state index >= 15 is 0 Å². The summed E-state index contributed by atoms with van der Waals surface area (Å²) in [6, 6.07) is 0. The van der Waals surface area contributed by atoms with E-state index in [0.717, 1.165) is 0 Å².